The zero-order valence-corrected chi connectivity index (χ0v) is 9.89. The largest absolute Gasteiger partial charge is 0.318 e. The molecule has 0 aromatic carbocycles. The second-order valence-corrected chi connectivity index (χ2v) is 4.56. The molecule has 0 bridgehead atoms. The molecule has 14 heavy (non-hydrogen) atoms. The molecule has 0 amide bonds. The van der Waals surface area contributed by atoms with E-state index in [9.17, 15) is 0 Å². The van der Waals surface area contributed by atoms with Crippen molar-refractivity contribution in [3.63, 3.8) is 0 Å². The third kappa shape index (κ3) is 4.43. The molecule has 1 N–H and O–H groups in total. The molecule has 2 nitrogen and oxygen atoms in total. The summed E-state index contributed by atoms with van der Waals surface area (Å²) in [6.07, 6.45) is 8.57. The normalized spacial score (nSPS) is 23.6. The van der Waals surface area contributed by atoms with E-state index in [1.807, 2.05) is 7.05 Å². The molecule has 0 aromatic rings. The summed E-state index contributed by atoms with van der Waals surface area (Å²) >= 11 is 0. The van der Waals surface area contributed by atoms with Crippen LogP contribution in [0, 0.1) is 0 Å². The summed E-state index contributed by atoms with van der Waals surface area (Å²) in [7, 11) is 2.05. The molecule has 1 rings (SSSR count). The molecular formula is C12H26N2. The Balaban J connectivity index is 2.31. The van der Waals surface area contributed by atoms with Crippen LogP contribution in [0.2, 0.25) is 0 Å². The van der Waals surface area contributed by atoms with Crippen molar-refractivity contribution in [2.75, 3.05) is 26.7 Å². The Hall–Kier alpha value is -0.0800. The smallest absolute Gasteiger partial charge is 0.0192 e. The Bertz CT molecular complexity index is 126. The van der Waals surface area contributed by atoms with E-state index in [4.69, 9.17) is 0 Å². The van der Waals surface area contributed by atoms with E-state index in [2.05, 4.69) is 17.1 Å². The van der Waals surface area contributed by atoms with E-state index < -0.39 is 0 Å². The third-order valence-corrected chi connectivity index (χ3v) is 3.26. The summed E-state index contributed by atoms with van der Waals surface area (Å²) in [6.45, 7) is 6.08. The topological polar surface area (TPSA) is 15.3 Å². The second-order valence-electron chi connectivity index (χ2n) is 4.56. The second kappa shape index (κ2) is 7.24. The Morgan fingerprint density at radius 2 is 1.50 bits per heavy atom. The molecule has 1 saturated heterocycles. The van der Waals surface area contributed by atoms with E-state index in [-0.39, 0.29) is 0 Å². The summed E-state index contributed by atoms with van der Waals surface area (Å²) in [5.41, 5.74) is 0. The monoisotopic (exact) mass is 198 g/mol. The van der Waals surface area contributed by atoms with Gasteiger partial charge in [-0.3, -0.25) is 4.90 Å². The highest BCUT2D eigenvalue weighted by Gasteiger charge is 2.13. The van der Waals surface area contributed by atoms with Crippen LogP contribution in [0.1, 0.15) is 45.4 Å². The van der Waals surface area contributed by atoms with Gasteiger partial charge in [-0.25, -0.2) is 0 Å². The lowest BCUT2D eigenvalue weighted by molar-refractivity contribution is 0.203. The van der Waals surface area contributed by atoms with Crippen molar-refractivity contribution in [3.05, 3.63) is 0 Å². The number of nitrogens with zero attached hydrogens (tertiary/aromatic N) is 1. The minimum absolute atomic E-state index is 0.707. The number of likely N-dealkylation sites (N-methyl/N-ethyl adjacent to an activating group) is 1. The number of nitrogens with one attached hydrogen (secondary N) is 1. The molecule has 84 valence electrons. The van der Waals surface area contributed by atoms with Gasteiger partial charge in [0.25, 0.3) is 0 Å². The van der Waals surface area contributed by atoms with E-state index in [0.29, 0.717) is 6.04 Å². The van der Waals surface area contributed by atoms with E-state index >= 15 is 0 Å². The van der Waals surface area contributed by atoms with Crippen LogP contribution >= 0.6 is 0 Å². The standard InChI is InChI=1S/C12H26N2/c1-12(11-13-2)14-9-7-5-3-4-6-8-10-14/h12-13H,3-11H2,1-2H3. The molecule has 0 radical (unpaired) electrons. The highest BCUT2D eigenvalue weighted by Crippen LogP contribution is 2.12. The molecule has 1 aliphatic heterocycles. The predicted octanol–water partition coefficient (Wildman–Crippen LogP) is 2.25. The van der Waals surface area contributed by atoms with Gasteiger partial charge in [-0.1, -0.05) is 25.7 Å². The van der Waals surface area contributed by atoms with E-state index in [1.54, 1.807) is 0 Å². The first kappa shape index (κ1) is 12.0. The molecule has 0 saturated carbocycles. The van der Waals surface area contributed by atoms with Crippen LogP contribution in [0.3, 0.4) is 0 Å². The van der Waals surface area contributed by atoms with Crippen molar-refractivity contribution < 1.29 is 0 Å². The summed E-state index contributed by atoms with van der Waals surface area (Å²) in [6, 6.07) is 0.707. The molecule has 0 aliphatic carbocycles. The quantitative estimate of drug-likeness (QED) is 0.748. The summed E-state index contributed by atoms with van der Waals surface area (Å²) in [5, 5.41) is 3.27. The van der Waals surface area contributed by atoms with Crippen LogP contribution < -0.4 is 5.32 Å². The molecule has 1 aliphatic rings. The minimum atomic E-state index is 0.707. The van der Waals surface area contributed by atoms with E-state index in [1.165, 1.54) is 51.6 Å². The zero-order valence-electron chi connectivity index (χ0n) is 9.89. The maximum absolute atomic E-state index is 3.27. The Morgan fingerprint density at radius 1 is 1.00 bits per heavy atom. The summed E-state index contributed by atoms with van der Waals surface area (Å²) < 4.78 is 0. The number of hydrogen-bond donors (Lipinski definition) is 1. The van der Waals surface area contributed by atoms with Crippen LogP contribution in [-0.4, -0.2) is 37.6 Å². The summed E-state index contributed by atoms with van der Waals surface area (Å²) in [5.74, 6) is 0. The fraction of sp³-hybridized carbons (Fsp3) is 1.00. The van der Waals surface area contributed by atoms with Gasteiger partial charge in [-0.05, 0) is 39.9 Å². The van der Waals surface area contributed by atoms with Gasteiger partial charge in [0.1, 0.15) is 0 Å². The zero-order chi connectivity index (χ0) is 10.2. The van der Waals surface area contributed by atoms with Crippen LogP contribution in [0.5, 0.6) is 0 Å². The number of hydrogen-bond acceptors (Lipinski definition) is 2. The van der Waals surface area contributed by atoms with Gasteiger partial charge in [-0.2, -0.15) is 0 Å². The highest BCUT2D eigenvalue weighted by atomic mass is 15.2. The molecular weight excluding hydrogens is 172 g/mol. The van der Waals surface area contributed by atoms with Gasteiger partial charge in [0.2, 0.25) is 0 Å². The predicted molar refractivity (Wildman–Crippen MR) is 62.7 cm³/mol. The van der Waals surface area contributed by atoms with Crippen LogP contribution in [0.25, 0.3) is 0 Å². The van der Waals surface area contributed by atoms with Gasteiger partial charge >= 0.3 is 0 Å². The first-order chi connectivity index (χ1) is 6.84. The molecule has 1 unspecified atom stereocenters. The lowest BCUT2D eigenvalue weighted by Gasteiger charge is -2.28. The summed E-state index contributed by atoms with van der Waals surface area (Å²) in [4.78, 5) is 2.65. The minimum Gasteiger partial charge on any atom is -0.318 e. The Kier molecular flexibility index (Phi) is 6.20. The van der Waals surface area contributed by atoms with Crippen molar-refractivity contribution in [2.45, 2.75) is 51.5 Å². The van der Waals surface area contributed by atoms with Gasteiger partial charge < -0.3 is 5.32 Å². The maximum atomic E-state index is 3.27. The van der Waals surface area contributed by atoms with Crippen LogP contribution in [-0.2, 0) is 0 Å². The Labute approximate surface area is 89.1 Å². The average molecular weight is 198 g/mol. The van der Waals surface area contributed by atoms with Crippen LogP contribution in [0.4, 0.5) is 0 Å². The lowest BCUT2D eigenvalue weighted by atomic mass is 10.1. The van der Waals surface area contributed by atoms with Crippen molar-refractivity contribution in [1.82, 2.24) is 10.2 Å². The average Bonchev–Trinajstić information content (AvgIpc) is 2.30. The van der Waals surface area contributed by atoms with Crippen molar-refractivity contribution >= 4 is 0 Å². The SMILES string of the molecule is CNCC(C)N1CCCCCCCC1. The fourth-order valence-corrected chi connectivity index (χ4v) is 2.31. The van der Waals surface area contributed by atoms with Gasteiger partial charge in [0.15, 0.2) is 0 Å². The highest BCUT2D eigenvalue weighted by molar-refractivity contribution is 4.70. The van der Waals surface area contributed by atoms with Gasteiger partial charge in [-0.15, -0.1) is 0 Å². The van der Waals surface area contributed by atoms with Crippen molar-refractivity contribution in [3.8, 4) is 0 Å². The third-order valence-electron chi connectivity index (χ3n) is 3.26. The van der Waals surface area contributed by atoms with Crippen molar-refractivity contribution in [2.24, 2.45) is 0 Å². The van der Waals surface area contributed by atoms with Gasteiger partial charge in [0.05, 0.1) is 0 Å². The molecule has 1 heterocycles. The first-order valence-electron chi connectivity index (χ1n) is 6.23. The van der Waals surface area contributed by atoms with Crippen molar-refractivity contribution in [1.29, 1.82) is 0 Å². The molecule has 2 heteroatoms. The molecule has 0 aromatic heterocycles. The fourth-order valence-electron chi connectivity index (χ4n) is 2.31. The maximum Gasteiger partial charge on any atom is 0.0192 e. The van der Waals surface area contributed by atoms with Crippen LogP contribution in [0.15, 0.2) is 0 Å². The Morgan fingerprint density at radius 3 is 2.00 bits per heavy atom. The first-order valence-corrected chi connectivity index (χ1v) is 6.23. The molecule has 1 atom stereocenters. The van der Waals surface area contributed by atoms with Gasteiger partial charge in [0, 0.05) is 12.6 Å². The van der Waals surface area contributed by atoms with E-state index in [0.717, 1.165) is 6.54 Å². The molecule has 0 spiro atoms. The lowest BCUT2D eigenvalue weighted by Crippen LogP contribution is -2.40. The molecule has 1 fully saturated rings. The number of rotatable bonds is 3.